The molecular weight excluding hydrogens is 250 g/mol. The zero-order valence-corrected chi connectivity index (χ0v) is 14.2. The van der Waals surface area contributed by atoms with Gasteiger partial charge in [0.2, 0.25) is 6.08 Å². The number of methoxy groups -OCH3 is 1. The first kappa shape index (κ1) is 19.3. The highest BCUT2D eigenvalue weighted by Crippen LogP contribution is 2.34. The van der Waals surface area contributed by atoms with Crippen LogP contribution in [-0.2, 0) is 9.53 Å². The van der Waals surface area contributed by atoms with Gasteiger partial charge in [-0.05, 0) is 26.2 Å². The summed E-state index contributed by atoms with van der Waals surface area (Å²) in [6.07, 6.45) is 8.88. The van der Waals surface area contributed by atoms with Crippen molar-refractivity contribution >= 4 is 6.08 Å². The number of isocyanates is 1. The molecule has 2 atom stereocenters. The lowest BCUT2D eigenvalue weighted by atomic mass is 9.75. The number of unbranched alkanes of at least 4 members (excludes halogenated alkanes) is 4. The van der Waals surface area contributed by atoms with Gasteiger partial charge >= 0.3 is 0 Å². The largest absolute Gasteiger partial charge is 0.378 e. The van der Waals surface area contributed by atoms with Crippen molar-refractivity contribution in [2.45, 2.75) is 84.8 Å². The minimum absolute atomic E-state index is 0.0177. The fourth-order valence-corrected chi connectivity index (χ4v) is 3.20. The van der Waals surface area contributed by atoms with Crippen molar-refractivity contribution in [1.82, 2.24) is 0 Å². The van der Waals surface area contributed by atoms with E-state index >= 15 is 0 Å². The molecule has 0 N–H and O–H groups in total. The van der Waals surface area contributed by atoms with Crippen LogP contribution in [0, 0.1) is 11.8 Å². The molecule has 3 nitrogen and oxygen atoms in total. The van der Waals surface area contributed by atoms with Crippen LogP contribution in [0.1, 0.15) is 73.1 Å². The number of ether oxygens (including phenoxy) is 1. The van der Waals surface area contributed by atoms with E-state index in [2.05, 4.69) is 39.6 Å². The van der Waals surface area contributed by atoms with E-state index in [-0.39, 0.29) is 17.6 Å². The predicted molar refractivity (Wildman–Crippen MR) is 84.7 cm³/mol. The molecule has 0 aliphatic heterocycles. The third-order valence-electron chi connectivity index (χ3n) is 4.28. The van der Waals surface area contributed by atoms with E-state index < -0.39 is 0 Å². The van der Waals surface area contributed by atoms with Crippen molar-refractivity contribution in [3.8, 4) is 0 Å². The summed E-state index contributed by atoms with van der Waals surface area (Å²) in [5.41, 5.74) is -0.275. The summed E-state index contributed by atoms with van der Waals surface area (Å²) in [5, 5.41) is 0. The van der Waals surface area contributed by atoms with E-state index in [9.17, 15) is 4.79 Å². The first-order valence-electron chi connectivity index (χ1n) is 8.02. The van der Waals surface area contributed by atoms with Gasteiger partial charge in [0.15, 0.2) is 0 Å². The summed E-state index contributed by atoms with van der Waals surface area (Å²) in [4.78, 5) is 14.9. The maximum absolute atomic E-state index is 10.8. The minimum atomic E-state index is -0.275. The maximum Gasteiger partial charge on any atom is 0.235 e. The zero-order chi connectivity index (χ0) is 15.6. The molecule has 0 radical (unpaired) electrons. The van der Waals surface area contributed by atoms with Gasteiger partial charge in [0.05, 0.1) is 11.6 Å². The predicted octanol–water partition coefficient (Wildman–Crippen LogP) is 4.75. The Hall–Kier alpha value is -0.660. The number of nitrogens with zero attached hydrogens (tertiary/aromatic N) is 1. The highest BCUT2D eigenvalue weighted by molar-refractivity contribution is 5.33. The Balaban J connectivity index is 4.71. The minimum Gasteiger partial charge on any atom is -0.378 e. The Labute approximate surface area is 125 Å². The van der Waals surface area contributed by atoms with Crippen LogP contribution >= 0.6 is 0 Å². The van der Waals surface area contributed by atoms with Gasteiger partial charge in [0, 0.05) is 13.0 Å². The molecule has 0 fully saturated rings. The molecule has 20 heavy (non-hydrogen) atoms. The van der Waals surface area contributed by atoms with Crippen LogP contribution in [0.15, 0.2) is 4.99 Å². The Kier molecular flexibility index (Phi) is 9.79. The number of hydrogen-bond acceptors (Lipinski definition) is 3. The first-order valence-corrected chi connectivity index (χ1v) is 8.02. The number of rotatable bonds is 11. The van der Waals surface area contributed by atoms with Crippen molar-refractivity contribution in [2.75, 3.05) is 7.11 Å². The normalized spacial score (nSPS) is 14.9. The lowest BCUT2D eigenvalue weighted by molar-refractivity contribution is -0.0539. The molecule has 0 aromatic heterocycles. The van der Waals surface area contributed by atoms with Gasteiger partial charge < -0.3 is 4.74 Å². The topological polar surface area (TPSA) is 38.7 Å². The quantitative estimate of drug-likeness (QED) is 0.312. The number of carbonyl (C=O) groups excluding carboxylic acids is 1. The molecule has 3 heteroatoms. The maximum atomic E-state index is 10.8. The van der Waals surface area contributed by atoms with Gasteiger partial charge in [-0.15, -0.1) is 0 Å². The van der Waals surface area contributed by atoms with Crippen LogP contribution in [0.5, 0.6) is 0 Å². The van der Waals surface area contributed by atoms with E-state index in [4.69, 9.17) is 4.74 Å². The average molecular weight is 283 g/mol. The van der Waals surface area contributed by atoms with Crippen LogP contribution in [0.3, 0.4) is 0 Å². The zero-order valence-electron chi connectivity index (χ0n) is 14.2. The van der Waals surface area contributed by atoms with E-state index in [0.29, 0.717) is 5.92 Å². The summed E-state index contributed by atoms with van der Waals surface area (Å²) < 4.78 is 5.64. The molecule has 0 aromatic rings. The lowest BCUT2D eigenvalue weighted by Gasteiger charge is -2.39. The second-order valence-corrected chi connectivity index (χ2v) is 6.57. The van der Waals surface area contributed by atoms with E-state index in [1.54, 1.807) is 13.2 Å². The molecule has 0 amide bonds. The Morgan fingerprint density at radius 1 is 1.15 bits per heavy atom. The molecule has 0 aliphatic rings. The van der Waals surface area contributed by atoms with Crippen LogP contribution in [0.25, 0.3) is 0 Å². The summed E-state index contributed by atoms with van der Waals surface area (Å²) >= 11 is 0. The second-order valence-electron chi connectivity index (χ2n) is 6.57. The fraction of sp³-hybridized carbons (Fsp3) is 0.941. The van der Waals surface area contributed by atoms with Gasteiger partial charge in [-0.25, -0.2) is 9.79 Å². The Morgan fingerprint density at radius 3 is 2.20 bits per heavy atom. The molecule has 2 unspecified atom stereocenters. The van der Waals surface area contributed by atoms with Crippen LogP contribution < -0.4 is 0 Å². The smallest absolute Gasteiger partial charge is 0.235 e. The summed E-state index contributed by atoms with van der Waals surface area (Å²) in [6.45, 7) is 10.7. The van der Waals surface area contributed by atoms with Crippen molar-refractivity contribution in [3.63, 3.8) is 0 Å². The lowest BCUT2D eigenvalue weighted by Crippen LogP contribution is -2.43. The molecule has 0 aliphatic carbocycles. The van der Waals surface area contributed by atoms with Crippen molar-refractivity contribution < 1.29 is 9.53 Å². The number of hydrogen-bond donors (Lipinski definition) is 0. The Bertz CT molecular complexity index is 293. The highest BCUT2D eigenvalue weighted by atomic mass is 16.5. The van der Waals surface area contributed by atoms with E-state index in [0.717, 1.165) is 12.8 Å². The molecule has 0 rings (SSSR count). The fourth-order valence-electron chi connectivity index (χ4n) is 3.20. The van der Waals surface area contributed by atoms with Crippen molar-refractivity contribution in [1.29, 1.82) is 0 Å². The average Bonchev–Trinajstić information content (AvgIpc) is 2.38. The monoisotopic (exact) mass is 283 g/mol. The molecule has 0 heterocycles. The van der Waals surface area contributed by atoms with Gasteiger partial charge in [-0.2, -0.15) is 0 Å². The summed E-state index contributed by atoms with van der Waals surface area (Å²) in [7, 11) is 1.73. The molecular formula is C17H33NO2. The van der Waals surface area contributed by atoms with Crippen LogP contribution in [0.4, 0.5) is 0 Å². The molecule has 0 saturated heterocycles. The standard InChI is InChI=1S/C17H33NO2/c1-7-8-9-10-11-12-15(18-13-19)16(14(2)3)17(4,5)20-6/h14-16H,7-12H2,1-6H3. The molecule has 0 aromatic carbocycles. The van der Waals surface area contributed by atoms with E-state index in [1.807, 2.05) is 0 Å². The Morgan fingerprint density at radius 2 is 1.75 bits per heavy atom. The van der Waals surface area contributed by atoms with Crippen molar-refractivity contribution in [2.24, 2.45) is 16.8 Å². The highest BCUT2D eigenvalue weighted by Gasteiger charge is 2.37. The molecule has 118 valence electrons. The molecule has 0 spiro atoms. The van der Waals surface area contributed by atoms with Crippen LogP contribution in [-0.4, -0.2) is 24.8 Å². The molecule has 0 saturated carbocycles. The third-order valence-corrected chi connectivity index (χ3v) is 4.28. The third kappa shape index (κ3) is 6.67. The number of aliphatic imine (C=N–C) groups is 1. The molecule has 0 bridgehead atoms. The van der Waals surface area contributed by atoms with Gasteiger partial charge in [0.1, 0.15) is 0 Å². The first-order chi connectivity index (χ1) is 9.40. The van der Waals surface area contributed by atoms with Gasteiger partial charge in [-0.1, -0.05) is 52.9 Å². The second kappa shape index (κ2) is 10.1. The van der Waals surface area contributed by atoms with Gasteiger partial charge in [-0.3, -0.25) is 0 Å². The van der Waals surface area contributed by atoms with Gasteiger partial charge in [0.25, 0.3) is 0 Å². The van der Waals surface area contributed by atoms with E-state index in [1.165, 1.54) is 25.7 Å². The summed E-state index contributed by atoms with van der Waals surface area (Å²) in [5.74, 6) is 0.655. The summed E-state index contributed by atoms with van der Waals surface area (Å²) in [6, 6.07) is 0.0177. The van der Waals surface area contributed by atoms with Crippen LogP contribution in [0.2, 0.25) is 0 Å². The SMILES string of the molecule is CCCCCCCC(N=C=O)C(C(C)C)C(C)(C)OC. The van der Waals surface area contributed by atoms with Crippen molar-refractivity contribution in [3.05, 3.63) is 0 Å².